The number of anilines is 1. The Bertz CT molecular complexity index is 778. The molecule has 2 aromatic rings. The molecule has 0 spiro atoms. The monoisotopic (exact) mass is 361 g/mol. The molecule has 24 heavy (non-hydrogen) atoms. The van der Waals surface area contributed by atoms with Crippen molar-refractivity contribution in [3.05, 3.63) is 44.5 Å². The fourth-order valence-corrected chi connectivity index (χ4v) is 4.69. The third-order valence-electron chi connectivity index (χ3n) is 4.01. The van der Waals surface area contributed by atoms with Crippen molar-refractivity contribution in [1.82, 2.24) is 4.90 Å². The quantitative estimate of drug-likeness (QED) is 0.804. The van der Waals surface area contributed by atoms with Gasteiger partial charge in [-0.25, -0.2) is 0 Å². The lowest BCUT2D eigenvalue weighted by Crippen LogP contribution is -2.30. The van der Waals surface area contributed by atoms with Gasteiger partial charge in [0, 0.05) is 28.9 Å². The van der Waals surface area contributed by atoms with E-state index in [0.29, 0.717) is 10.6 Å². The molecule has 0 radical (unpaired) electrons. The van der Waals surface area contributed by atoms with Gasteiger partial charge in [-0.2, -0.15) is 0 Å². The van der Waals surface area contributed by atoms with E-state index in [1.54, 1.807) is 17.4 Å². The summed E-state index contributed by atoms with van der Waals surface area (Å²) in [4.78, 5) is 28.5. The van der Waals surface area contributed by atoms with Gasteiger partial charge >= 0.3 is 0 Å². The highest BCUT2D eigenvalue weighted by atomic mass is 32.1. The van der Waals surface area contributed by atoms with Gasteiger partial charge in [-0.3, -0.25) is 14.5 Å². The second-order valence-electron chi connectivity index (χ2n) is 5.53. The first kappa shape index (κ1) is 16.9. The van der Waals surface area contributed by atoms with Crippen LogP contribution in [0.25, 0.3) is 6.08 Å². The number of primary amides is 1. The van der Waals surface area contributed by atoms with Crippen molar-refractivity contribution in [1.29, 1.82) is 0 Å². The molecule has 1 aliphatic rings. The molecular weight excluding hydrogens is 342 g/mol. The Kier molecular flexibility index (Phi) is 5.13. The summed E-state index contributed by atoms with van der Waals surface area (Å²) in [6.07, 6.45) is 4.03. The Hall–Kier alpha value is -1.96. The fourth-order valence-electron chi connectivity index (χ4n) is 2.77. The maximum absolute atomic E-state index is 12.2. The van der Waals surface area contributed by atoms with E-state index in [4.69, 9.17) is 5.73 Å². The normalized spacial score (nSPS) is 14.7. The highest BCUT2D eigenvalue weighted by Crippen LogP contribution is 2.36. The van der Waals surface area contributed by atoms with Crippen LogP contribution in [-0.4, -0.2) is 29.8 Å². The lowest BCUT2D eigenvalue weighted by molar-refractivity contribution is -0.111. The maximum atomic E-state index is 12.2. The summed E-state index contributed by atoms with van der Waals surface area (Å²) in [7, 11) is 0. The van der Waals surface area contributed by atoms with Crippen LogP contribution < -0.4 is 11.1 Å². The second-order valence-corrected chi connectivity index (χ2v) is 7.61. The van der Waals surface area contributed by atoms with E-state index in [0.717, 1.165) is 41.4 Å². The van der Waals surface area contributed by atoms with E-state index in [1.807, 2.05) is 17.5 Å². The second kappa shape index (κ2) is 7.29. The Labute approximate surface area is 148 Å². The Morgan fingerprint density at radius 2 is 2.29 bits per heavy atom. The molecule has 7 heteroatoms. The summed E-state index contributed by atoms with van der Waals surface area (Å²) in [6.45, 7) is 4.80. The Morgan fingerprint density at radius 3 is 2.96 bits per heavy atom. The zero-order valence-electron chi connectivity index (χ0n) is 13.4. The molecule has 2 amide bonds. The minimum atomic E-state index is -0.477. The van der Waals surface area contributed by atoms with Crippen molar-refractivity contribution in [3.63, 3.8) is 0 Å². The number of amides is 2. The van der Waals surface area contributed by atoms with Gasteiger partial charge < -0.3 is 11.1 Å². The van der Waals surface area contributed by atoms with Gasteiger partial charge in [-0.05, 0) is 36.1 Å². The van der Waals surface area contributed by atoms with Crippen molar-refractivity contribution in [2.75, 3.05) is 18.4 Å². The number of nitrogens with one attached hydrogen (secondary N) is 1. The van der Waals surface area contributed by atoms with Crippen molar-refractivity contribution < 1.29 is 9.59 Å². The lowest BCUT2D eigenvalue weighted by Gasteiger charge is -2.25. The molecule has 126 valence electrons. The first-order chi connectivity index (χ1) is 11.6. The van der Waals surface area contributed by atoms with Crippen molar-refractivity contribution >= 4 is 45.6 Å². The van der Waals surface area contributed by atoms with Gasteiger partial charge in [0.15, 0.2) is 0 Å². The van der Waals surface area contributed by atoms with E-state index < -0.39 is 5.91 Å². The van der Waals surface area contributed by atoms with Gasteiger partial charge in [0.2, 0.25) is 5.91 Å². The van der Waals surface area contributed by atoms with E-state index in [-0.39, 0.29) is 5.91 Å². The predicted octanol–water partition coefficient (Wildman–Crippen LogP) is 2.94. The minimum absolute atomic E-state index is 0.253. The van der Waals surface area contributed by atoms with Gasteiger partial charge in [-0.15, -0.1) is 22.7 Å². The standard InChI is InChI=1S/C17H19N3O2S2/c1-2-20-8-7-12-13(10-20)24-17(15(12)16(18)22)19-14(21)6-5-11-4-3-9-23-11/h3-6,9H,2,7-8,10H2,1H3,(H2,18,22)(H,19,21). The van der Waals surface area contributed by atoms with E-state index >= 15 is 0 Å². The summed E-state index contributed by atoms with van der Waals surface area (Å²) in [5, 5.41) is 5.34. The molecule has 0 unspecified atom stereocenters. The molecule has 0 atom stereocenters. The first-order valence-corrected chi connectivity index (χ1v) is 9.47. The number of thiophene rings is 2. The number of nitrogens with two attached hydrogens (primary N) is 1. The van der Waals surface area contributed by atoms with Crippen LogP contribution in [0, 0.1) is 0 Å². The molecule has 0 bridgehead atoms. The van der Waals surface area contributed by atoms with Crippen LogP contribution in [0.15, 0.2) is 23.6 Å². The SMILES string of the molecule is CCN1CCc2c(sc(NC(=O)C=Cc3cccs3)c2C(N)=O)C1. The van der Waals surface area contributed by atoms with Gasteiger partial charge in [0.1, 0.15) is 5.00 Å². The number of nitrogens with zero attached hydrogens (tertiary/aromatic N) is 1. The van der Waals surface area contributed by atoms with Crippen LogP contribution in [0.3, 0.4) is 0 Å². The molecule has 0 saturated carbocycles. The maximum Gasteiger partial charge on any atom is 0.251 e. The molecule has 0 saturated heterocycles. The number of hydrogen-bond donors (Lipinski definition) is 2. The van der Waals surface area contributed by atoms with Crippen LogP contribution in [0.1, 0.15) is 32.6 Å². The number of likely N-dealkylation sites (N-methyl/N-ethyl adjacent to an activating group) is 1. The van der Waals surface area contributed by atoms with Gasteiger partial charge in [0.05, 0.1) is 5.56 Å². The highest BCUT2D eigenvalue weighted by molar-refractivity contribution is 7.17. The molecule has 3 rings (SSSR count). The molecule has 5 nitrogen and oxygen atoms in total. The van der Waals surface area contributed by atoms with Crippen LogP contribution in [-0.2, 0) is 17.8 Å². The van der Waals surface area contributed by atoms with Crippen molar-refractivity contribution in [2.24, 2.45) is 5.73 Å². The van der Waals surface area contributed by atoms with E-state index in [1.165, 1.54) is 17.4 Å². The minimum Gasteiger partial charge on any atom is -0.365 e. The summed E-state index contributed by atoms with van der Waals surface area (Å²) in [5.41, 5.74) is 7.03. The summed E-state index contributed by atoms with van der Waals surface area (Å²) >= 11 is 3.02. The number of fused-ring (bicyclic) bond motifs is 1. The average Bonchev–Trinajstić information content (AvgIpc) is 3.19. The van der Waals surface area contributed by atoms with Crippen molar-refractivity contribution in [2.45, 2.75) is 19.9 Å². The molecule has 0 fully saturated rings. The summed E-state index contributed by atoms with van der Waals surface area (Å²) in [5.74, 6) is -0.730. The molecule has 3 heterocycles. The smallest absolute Gasteiger partial charge is 0.251 e. The van der Waals surface area contributed by atoms with E-state index in [2.05, 4.69) is 17.1 Å². The zero-order valence-corrected chi connectivity index (χ0v) is 15.0. The third kappa shape index (κ3) is 3.58. The fraction of sp³-hybridized carbons (Fsp3) is 0.294. The topological polar surface area (TPSA) is 75.4 Å². The van der Waals surface area contributed by atoms with Crippen molar-refractivity contribution in [3.8, 4) is 0 Å². The molecule has 0 aliphatic carbocycles. The molecule has 3 N–H and O–H groups in total. The average molecular weight is 361 g/mol. The molecule has 2 aromatic heterocycles. The van der Waals surface area contributed by atoms with Gasteiger partial charge in [-0.1, -0.05) is 13.0 Å². The molecule has 1 aliphatic heterocycles. The predicted molar refractivity (Wildman–Crippen MR) is 99.5 cm³/mol. The van der Waals surface area contributed by atoms with Gasteiger partial charge in [0.25, 0.3) is 5.91 Å². The number of rotatable bonds is 5. The number of carbonyl (C=O) groups excluding carboxylic acids is 2. The number of carbonyl (C=O) groups is 2. The van der Waals surface area contributed by atoms with Crippen LogP contribution in [0.2, 0.25) is 0 Å². The summed E-state index contributed by atoms with van der Waals surface area (Å²) in [6, 6.07) is 3.87. The van der Waals surface area contributed by atoms with Crippen LogP contribution in [0.4, 0.5) is 5.00 Å². The van der Waals surface area contributed by atoms with Crippen LogP contribution in [0.5, 0.6) is 0 Å². The van der Waals surface area contributed by atoms with E-state index in [9.17, 15) is 9.59 Å². The number of hydrogen-bond acceptors (Lipinski definition) is 5. The molecule has 0 aromatic carbocycles. The Morgan fingerprint density at radius 1 is 1.46 bits per heavy atom. The lowest BCUT2D eigenvalue weighted by atomic mass is 10.0. The first-order valence-electron chi connectivity index (χ1n) is 7.77. The zero-order chi connectivity index (χ0) is 17.1. The molecular formula is C17H19N3O2S2. The van der Waals surface area contributed by atoms with Crippen LogP contribution >= 0.6 is 22.7 Å². The summed E-state index contributed by atoms with van der Waals surface area (Å²) < 4.78 is 0. The highest BCUT2D eigenvalue weighted by Gasteiger charge is 2.26. The third-order valence-corrected chi connectivity index (χ3v) is 5.98. The Balaban J connectivity index is 1.81. The largest absolute Gasteiger partial charge is 0.365 e.